The molecule has 2 aromatic carbocycles. The molecular weight excluding hydrogens is 292 g/mol. The zero-order valence-electron chi connectivity index (χ0n) is 15.1. The van der Waals surface area contributed by atoms with Crippen LogP contribution in [0.25, 0.3) is 0 Å². The SMILES string of the molecule is C=NC/C(=N\Cc1ccccc1)c1ccc(C(C)CC(C)C)cc1. The summed E-state index contributed by atoms with van der Waals surface area (Å²) in [4.78, 5) is 8.80. The van der Waals surface area contributed by atoms with Gasteiger partial charge in [0, 0.05) is 0 Å². The first kappa shape index (κ1) is 18.1. The third-order valence-corrected chi connectivity index (χ3v) is 4.19. The summed E-state index contributed by atoms with van der Waals surface area (Å²) in [6.07, 6.45) is 1.21. The molecule has 0 spiro atoms. The van der Waals surface area contributed by atoms with Crippen molar-refractivity contribution < 1.29 is 0 Å². The highest BCUT2D eigenvalue weighted by molar-refractivity contribution is 6.02. The summed E-state index contributed by atoms with van der Waals surface area (Å²) in [6.45, 7) is 11.7. The van der Waals surface area contributed by atoms with Gasteiger partial charge in [-0.1, -0.05) is 75.4 Å². The standard InChI is InChI=1S/C22H28N2/c1-17(2)14-18(3)20-10-12-21(13-11-20)22(16-23-4)24-15-19-8-6-5-7-9-19/h5-13,17-18H,4,14-16H2,1-3H3/b24-22+. The Kier molecular flexibility index (Phi) is 6.92. The minimum atomic E-state index is 0.549. The van der Waals surface area contributed by atoms with Crippen LogP contribution in [0, 0.1) is 5.92 Å². The van der Waals surface area contributed by atoms with Crippen LogP contribution in [-0.4, -0.2) is 19.0 Å². The van der Waals surface area contributed by atoms with Crippen LogP contribution in [0.1, 0.15) is 49.8 Å². The second-order valence-electron chi connectivity index (χ2n) is 6.78. The van der Waals surface area contributed by atoms with Crippen molar-refractivity contribution in [3.63, 3.8) is 0 Å². The first-order chi connectivity index (χ1) is 11.6. The van der Waals surface area contributed by atoms with E-state index in [0.717, 1.165) is 11.3 Å². The van der Waals surface area contributed by atoms with Gasteiger partial charge in [0.15, 0.2) is 0 Å². The van der Waals surface area contributed by atoms with E-state index in [9.17, 15) is 0 Å². The number of benzene rings is 2. The fraction of sp³-hybridized carbons (Fsp3) is 0.364. The van der Waals surface area contributed by atoms with Gasteiger partial charge in [-0.15, -0.1) is 0 Å². The van der Waals surface area contributed by atoms with Crippen molar-refractivity contribution in [2.45, 2.75) is 39.7 Å². The van der Waals surface area contributed by atoms with Gasteiger partial charge in [-0.3, -0.25) is 9.98 Å². The molecule has 0 bridgehead atoms. The minimum Gasteiger partial charge on any atom is -0.295 e. The summed E-state index contributed by atoms with van der Waals surface area (Å²) in [5, 5.41) is 0. The van der Waals surface area contributed by atoms with E-state index in [1.165, 1.54) is 17.5 Å². The van der Waals surface area contributed by atoms with Crippen molar-refractivity contribution >= 4 is 12.4 Å². The fourth-order valence-corrected chi connectivity index (χ4v) is 2.96. The molecule has 24 heavy (non-hydrogen) atoms. The van der Waals surface area contributed by atoms with E-state index in [1.54, 1.807) is 0 Å². The van der Waals surface area contributed by atoms with E-state index >= 15 is 0 Å². The van der Waals surface area contributed by atoms with Gasteiger partial charge in [0.25, 0.3) is 0 Å². The van der Waals surface area contributed by atoms with Crippen LogP contribution in [0.15, 0.2) is 64.6 Å². The molecule has 0 aromatic heterocycles. The molecular formula is C22H28N2. The van der Waals surface area contributed by atoms with E-state index in [2.05, 4.69) is 68.9 Å². The molecule has 2 rings (SSSR count). The van der Waals surface area contributed by atoms with Crippen molar-refractivity contribution in [2.75, 3.05) is 6.54 Å². The van der Waals surface area contributed by atoms with Crippen LogP contribution in [0.4, 0.5) is 0 Å². The third-order valence-electron chi connectivity index (χ3n) is 4.19. The van der Waals surface area contributed by atoms with Gasteiger partial charge in [0.2, 0.25) is 0 Å². The predicted molar refractivity (Wildman–Crippen MR) is 105 cm³/mol. The van der Waals surface area contributed by atoms with Gasteiger partial charge in [-0.25, -0.2) is 0 Å². The zero-order valence-corrected chi connectivity index (χ0v) is 15.1. The second kappa shape index (κ2) is 9.17. The van der Waals surface area contributed by atoms with Crippen LogP contribution in [0.5, 0.6) is 0 Å². The number of hydrogen-bond acceptors (Lipinski definition) is 2. The number of hydrogen-bond donors (Lipinski definition) is 0. The van der Waals surface area contributed by atoms with Crippen molar-refractivity contribution in [2.24, 2.45) is 15.9 Å². The Bertz CT molecular complexity index is 654. The van der Waals surface area contributed by atoms with Crippen molar-refractivity contribution in [1.82, 2.24) is 0 Å². The average Bonchev–Trinajstić information content (AvgIpc) is 2.59. The van der Waals surface area contributed by atoms with E-state index in [1.807, 2.05) is 18.2 Å². The molecule has 126 valence electrons. The molecule has 2 aromatic rings. The van der Waals surface area contributed by atoms with Crippen molar-refractivity contribution in [1.29, 1.82) is 0 Å². The lowest BCUT2D eigenvalue weighted by molar-refractivity contribution is 0.524. The predicted octanol–water partition coefficient (Wildman–Crippen LogP) is 5.53. The molecule has 2 heteroatoms. The normalized spacial score (nSPS) is 13.1. The second-order valence-corrected chi connectivity index (χ2v) is 6.78. The summed E-state index contributed by atoms with van der Waals surface area (Å²) in [6, 6.07) is 19.1. The number of rotatable bonds is 8. The molecule has 0 fully saturated rings. The largest absolute Gasteiger partial charge is 0.295 e. The highest BCUT2D eigenvalue weighted by Crippen LogP contribution is 2.23. The molecule has 0 saturated carbocycles. The van der Waals surface area contributed by atoms with Crippen molar-refractivity contribution in [3.05, 3.63) is 71.3 Å². The Balaban J connectivity index is 2.14. The van der Waals surface area contributed by atoms with Crippen LogP contribution in [0.2, 0.25) is 0 Å². The fourth-order valence-electron chi connectivity index (χ4n) is 2.96. The quantitative estimate of drug-likeness (QED) is 0.572. The van der Waals surface area contributed by atoms with Crippen LogP contribution in [0.3, 0.4) is 0 Å². The average molecular weight is 320 g/mol. The molecule has 0 N–H and O–H groups in total. The van der Waals surface area contributed by atoms with Gasteiger partial charge < -0.3 is 0 Å². The van der Waals surface area contributed by atoms with Gasteiger partial charge in [-0.05, 0) is 41.7 Å². The highest BCUT2D eigenvalue weighted by atomic mass is 14.8. The number of aliphatic imine (C=N–C) groups is 2. The van der Waals surface area contributed by atoms with Crippen LogP contribution >= 0.6 is 0 Å². The monoisotopic (exact) mass is 320 g/mol. The van der Waals surface area contributed by atoms with Crippen molar-refractivity contribution in [3.8, 4) is 0 Å². The molecule has 0 radical (unpaired) electrons. The summed E-state index contributed by atoms with van der Waals surface area (Å²) in [5.41, 5.74) is 4.73. The maximum atomic E-state index is 4.76. The molecule has 0 aliphatic heterocycles. The van der Waals surface area contributed by atoms with Gasteiger partial charge in [0.1, 0.15) is 0 Å². The van der Waals surface area contributed by atoms with E-state index in [4.69, 9.17) is 4.99 Å². The van der Waals surface area contributed by atoms with E-state index in [-0.39, 0.29) is 0 Å². The Labute approximate surface area is 146 Å². The smallest absolute Gasteiger partial charge is 0.0806 e. The topological polar surface area (TPSA) is 24.7 Å². The molecule has 1 unspecified atom stereocenters. The molecule has 0 amide bonds. The summed E-state index contributed by atoms with van der Waals surface area (Å²) in [5.74, 6) is 1.30. The highest BCUT2D eigenvalue weighted by Gasteiger charge is 2.09. The summed E-state index contributed by atoms with van der Waals surface area (Å²) >= 11 is 0. The number of nitrogens with zero attached hydrogens (tertiary/aromatic N) is 2. The van der Waals surface area contributed by atoms with Gasteiger partial charge in [-0.2, -0.15) is 0 Å². The Morgan fingerprint density at radius 2 is 1.62 bits per heavy atom. The lowest BCUT2D eigenvalue weighted by atomic mass is 9.91. The summed E-state index contributed by atoms with van der Waals surface area (Å²) < 4.78 is 0. The Morgan fingerprint density at radius 1 is 0.958 bits per heavy atom. The molecule has 2 nitrogen and oxygen atoms in total. The van der Waals surface area contributed by atoms with Gasteiger partial charge >= 0.3 is 0 Å². The Morgan fingerprint density at radius 3 is 2.21 bits per heavy atom. The summed E-state index contributed by atoms with van der Waals surface area (Å²) in [7, 11) is 0. The van der Waals surface area contributed by atoms with Gasteiger partial charge in [0.05, 0.1) is 18.8 Å². The van der Waals surface area contributed by atoms with Crippen LogP contribution < -0.4 is 0 Å². The molecule has 0 aliphatic rings. The van der Waals surface area contributed by atoms with Crippen LogP contribution in [-0.2, 0) is 6.54 Å². The maximum Gasteiger partial charge on any atom is 0.0806 e. The molecule has 0 heterocycles. The zero-order chi connectivity index (χ0) is 17.4. The molecule has 0 saturated heterocycles. The minimum absolute atomic E-state index is 0.549. The van der Waals surface area contributed by atoms with E-state index in [0.29, 0.717) is 24.9 Å². The third kappa shape index (κ3) is 5.45. The molecule has 0 aliphatic carbocycles. The Hall–Kier alpha value is -2.22. The first-order valence-corrected chi connectivity index (χ1v) is 8.70. The molecule has 1 atom stereocenters. The lowest BCUT2D eigenvalue weighted by Gasteiger charge is -2.15. The maximum absolute atomic E-state index is 4.76. The first-order valence-electron chi connectivity index (χ1n) is 8.70. The lowest BCUT2D eigenvalue weighted by Crippen LogP contribution is -2.07. The van der Waals surface area contributed by atoms with E-state index < -0.39 is 0 Å².